The SMILES string of the molecule is Cn1ncc(C2C3CC4CC(C3)CC2C4)c1CCN. The van der Waals surface area contributed by atoms with Crippen molar-refractivity contribution in [2.75, 3.05) is 6.54 Å². The molecular formula is C16H25N3. The molecule has 0 amide bonds. The predicted molar refractivity (Wildman–Crippen MR) is 75.8 cm³/mol. The van der Waals surface area contributed by atoms with Crippen LogP contribution in [0.1, 0.15) is 49.3 Å². The van der Waals surface area contributed by atoms with E-state index in [4.69, 9.17) is 5.73 Å². The van der Waals surface area contributed by atoms with Crippen molar-refractivity contribution in [1.29, 1.82) is 0 Å². The lowest BCUT2D eigenvalue weighted by Crippen LogP contribution is -2.44. The molecule has 1 heterocycles. The van der Waals surface area contributed by atoms with E-state index in [1.807, 2.05) is 0 Å². The first-order valence-corrected chi connectivity index (χ1v) is 7.97. The average molecular weight is 259 g/mol. The Bertz CT molecular complexity index is 448. The standard InChI is InChI=1S/C16H25N3/c1-19-15(2-3-17)14(9-18-19)16-12-5-10-4-11(7-12)8-13(16)6-10/h9-13,16H,2-8,17H2,1H3. The fourth-order valence-electron chi connectivity index (χ4n) is 5.63. The number of rotatable bonds is 3. The van der Waals surface area contributed by atoms with Crippen LogP contribution in [0.25, 0.3) is 0 Å². The van der Waals surface area contributed by atoms with Crippen LogP contribution in [0.5, 0.6) is 0 Å². The molecule has 0 atom stereocenters. The molecule has 0 saturated heterocycles. The van der Waals surface area contributed by atoms with Crippen LogP contribution in [-0.4, -0.2) is 16.3 Å². The molecule has 1 aromatic rings. The molecule has 4 saturated carbocycles. The van der Waals surface area contributed by atoms with Crippen LogP contribution in [0, 0.1) is 23.7 Å². The second-order valence-corrected chi connectivity index (χ2v) is 7.17. The van der Waals surface area contributed by atoms with Gasteiger partial charge >= 0.3 is 0 Å². The van der Waals surface area contributed by atoms with Crippen molar-refractivity contribution in [2.24, 2.45) is 36.5 Å². The fourth-order valence-corrected chi connectivity index (χ4v) is 5.63. The second kappa shape index (κ2) is 4.34. The minimum absolute atomic E-state index is 0.736. The second-order valence-electron chi connectivity index (χ2n) is 7.17. The van der Waals surface area contributed by atoms with Gasteiger partial charge in [-0.1, -0.05) is 0 Å². The summed E-state index contributed by atoms with van der Waals surface area (Å²) in [5.74, 6) is 4.78. The van der Waals surface area contributed by atoms with Crippen LogP contribution in [0.4, 0.5) is 0 Å². The van der Waals surface area contributed by atoms with Gasteiger partial charge in [0.15, 0.2) is 0 Å². The summed E-state index contributed by atoms with van der Waals surface area (Å²) in [4.78, 5) is 0. The molecule has 0 aromatic carbocycles. The van der Waals surface area contributed by atoms with Crippen LogP contribution in [0.3, 0.4) is 0 Å². The molecule has 2 N–H and O–H groups in total. The number of nitrogens with zero attached hydrogens (tertiary/aromatic N) is 2. The average Bonchev–Trinajstić information content (AvgIpc) is 2.71. The zero-order chi connectivity index (χ0) is 13.0. The molecule has 104 valence electrons. The van der Waals surface area contributed by atoms with Crippen LogP contribution in [-0.2, 0) is 13.5 Å². The van der Waals surface area contributed by atoms with Gasteiger partial charge in [-0.2, -0.15) is 5.10 Å². The van der Waals surface area contributed by atoms with Gasteiger partial charge in [-0.15, -0.1) is 0 Å². The minimum atomic E-state index is 0.736. The molecule has 3 nitrogen and oxygen atoms in total. The molecule has 0 unspecified atom stereocenters. The van der Waals surface area contributed by atoms with Crippen LogP contribution in [0.2, 0.25) is 0 Å². The summed E-state index contributed by atoms with van der Waals surface area (Å²) in [6.07, 6.45) is 10.6. The van der Waals surface area contributed by atoms with Gasteiger partial charge < -0.3 is 5.73 Å². The minimum Gasteiger partial charge on any atom is -0.330 e. The Balaban J connectivity index is 1.69. The highest BCUT2D eigenvalue weighted by Crippen LogP contribution is 2.60. The van der Waals surface area contributed by atoms with Gasteiger partial charge in [-0.3, -0.25) is 4.68 Å². The maximum atomic E-state index is 5.79. The Morgan fingerprint density at radius 2 is 1.79 bits per heavy atom. The smallest absolute Gasteiger partial charge is 0.0527 e. The largest absolute Gasteiger partial charge is 0.330 e. The summed E-state index contributed by atoms with van der Waals surface area (Å²) in [6.45, 7) is 0.736. The number of hydrogen-bond donors (Lipinski definition) is 1. The summed E-state index contributed by atoms with van der Waals surface area (Å²) in [5.41, 5.74) is 8.74. The first-order chi connectivity index (χ1) is 9.26. The quantitative estimate of drug-likeness (QED) is 0.906. The molecule has 1 aromatic heterocycles. The van der Waals surface area contributed by atoms with E-state index >= 15 is 0 Å². The highest BCUT2D eigenvalue weighted by atomic mass is 15.3. The van der Waals surface area contributed by atoms with Gasteiger partial charge in [0.25, 0.3) is 0 Å². The van der Waals surface area contributed by atoms with E-state index in [1.54, 1.807) is 5.56 Å². The Morgan fingerprint density at radius 1 is 1.16 bits per heavy atom. The van der Waals surface area contributed by atoms with Crippen molar-refractivity contribution < 1.29 is 0 Å². The van der Waals surface area contributed by atoms with Gasteiger partial charge in [-0.05, 0) is 73.8 Å². The van der Waals surface area contributed by atoms with Crippen molar-refractivity contribution in [1.82, 2.24) is 9.78 Å². The van der Waals surface area contributed by atoms with E-state index in [0.29, 0.717) is 0 Å². The Morgan fingerprint density at radius 3 is 2.37 bits per heavy atom. The number of aryl methyl sites for hydroxylation is 1. The van der Waals surface area contributed by atoms with Crippen molar-refractivity contribution in [3.05, 3.63) is 17.5 Å². The summed E-state index contributed by atoms with van der Waals surface area (Å²) < 4.78 is 2.06. The summed E-state index contributed by atoms with van der Waals surface area (Å²) in [7, 11) is 2.07. The number of aromatic nitrogens is 2. The first kappa shape index (κ1) is 12.0. The molecule has 0 radical (unpaired) electrons. The van der Waals surface area contributed by atoms with Crippen molar-refractivity contribution in [3.8, 4) is 0 Å². The lowest BCUT2D eigenvalue weighted by Gasteiger charge is -2.54. The van der Waals surface area contributed by atoms with E-state index in [9.17, 15) is 0 Å². The molecule has 3 heteroatoms. The molecule has 5 rings (SSSR count). The first-order valence-electron chi connectivity index (χ1n) is 7.97. The third kappa shape index (κ3) is 1.78. The Labute approximate surface area is 115 Å². The maximum absolute atomic E-state index is 5.79. The van der Waals surface area contributed by atoms with E-state index in [1.165, 1.54) is 37.8 Å². The number of nitrogens with two attached hydrogens (primary N) is 1. The Kier molecular flexibility index (Phi) is 2.73. The van der Waals surface area contributed by atoms with E-state index < -0.39 is 0 Å². The van der Waals surface area contributed by atoms with E-state index in [-0.39, 0.29) is 0 Å². The monoisotopic (exact) mass is 259 g/mol. The lowest BCUT2D eigenvalue weighted by atomic mass is 9.50. The van der Waals surface area contributed by atoms with Crippen molar-refractivity contribution in [2.45, 2.75) is 44.4 Å². The van der Waals surface area contributed by atoms with Gasteiger partial charge in [0.2, 0.25) is 0 Å². The van der Waals surface area contributed by atoms with Crippen molar-refractivity contribution in [3.63, 3.8) is 0 Å². The van der Waals surface area contributed by atoms with E-state index in [2.05, 4.69) is 23.0 Å². The third-order valence-electron chi connectivity index (χ3n) is 6.06. The molecule has 4 aliphatic rings. The highest BCUT2D eigenvalue weighted by Gasteiger charge is 2.49. The van der Waals surface area contributed by atoms with Crippen molar-refractivity contribution >= 4 is 0 Å². The van der Waals surface area contributed by atoms with Gasteiger partial charge in [0.1, 0.15) is 0 Å². The Hall–Kier alpha value is -0.830. The normalized spacial score (nSPS) is 40.0. The summed E-state index contributed by atoms with van der Waals surface area (Å²) in [6, 6.07) is 0. The molecule has 4 aliphatic carbocycles. The van der Waals surface area contributed by atoms with Crippen LogP contribution >= 0.6 is 0 Å². The van der Waals surface area contributed by atoms with Gasteiger partial charge in [0, 0.05) is 19.2 Å². The predicted octanol–water partition coefficient (Wildman–Crippen LogP) is 2.46. The molecule has 4 bridgehead atoms. The summed E-state index contributed by atoms with van der Waals surface area (Å²) >= 11 is 0. The van der Waals surface area contributed by atoms with Crippen LogP contribution in [0.15, 0.2) is 6.20 Å². The van der Waals surface area contributed by atoms with Gasteiger partial charge in [0.05, 0.1) is 6.20 Å². The fraction of sp³-hybridized carbons (Fsp3) is 0.812. The lowest BCUT2D eigenvalue weighted by molar-refractivity contribution is -0.00308. The van der Waals surface area contributed by atoms with Gasteiger partial charge in [-0.25, -0.2) is 0 Å². The zero-order valence-electron chi connectivity index (χ0n) is 11.9. The molecule has 19 heavy (non-hydrogen) atoms. The molecular weight excluding hydrogens is 234 g/mol. The molecule has 0 spiro atoms. The zero-order valence-corrected chi connectivity index (χ0v) is 11.9. The highest BCUT2D eigenvalue weighted by molar-refractivity contribution is 5.27. The molecule has 4 fully saturated rings. The van der Waals surface area contributed by atoms with Crippen LogP contribution < -0.4 is 5.73 Å². The third-order valence-corrected chi connectivity index (χ3v) is 6.06. The topological polar surface area (TPSA) is 43.8 Å². The summed E-state index contributed by atoms with van der Waals surface area (Å²) in [5, 5.41) is 4.53. The number of hydrogen-bond acceptors (Lipinski definition) is 2. The maximum Gasteiger partial charge on any atom is 0.0527 e. The van der Waals surface area contributed by atoms with E-state index in [0.717, 1.165) is 42.6 Å². The molecule has 0 aliphatic heterocycles.